The van der Waals surface area contributed by atoms with Crippen molar-refractivity contribution in [3.8, 4) is 22.6 Å². The van der Waals surface area contributed by atoms with Crippen molar-refractivity contribution in [2.45, 2.75) is 25.5 Å². The van der Waals surface area contributed by atoms with Crippen LogP contribution in [0.15, 0.2) is 76.5 Å². The van der Waals surface area contributed by atoms with E-state index in [-0.39, 0.29) is 5.56 Å². The molecule has 2 aromatic heterocycles. The van der Waals surface area contributed by atoms with Crippen LogP contribution in [-0.2, 0) is 6.54 Å². The molecule has 170 valence electrons. The molecule has 7 heteroatoms. The maximum Gasteiger partial charge on any atom is 0.263 e. The molecule has 0 atom stereocenters. The second-order valence-electron chi connectivity index (χ2n) is 7.40. The van der Waals surface area contributed by atoms with E-state index in [0.29, 0.717) is 36.1 Å². The fourth-order valence-corrected chi connectivity index (χ4v) is 5.26. The monoisotopic (exact) mass is 478 g/mol. The lowest BCUT2D eigenvalue weighted by Gasteiger charge is -2.11. The molecule has 4 aromatic rings. The summed E-state index contributed by atoms with van der Waals surface area (Å²) in [6, 6.07) is 15.8. The summed E-state index contributed by atoms with van der Waals surface area (Å²) < 4.78 is 13.0. The average Bonchev–Trinajstić information content (AvgIpc) is 3.25. The highest BCUT2D eigenvalue weighted by Crippen LogP contribution is 2.32. The van der Waals surface area contributed by atoms with Crippen LogP contribution in [0.1, 0.15) is 12.5 Å². The van der Waals surface area contributed by atoms with Gasteiger partial charge in [-0.15, -0.1) is 17.9 Å². The Morgan fingerprint density at radius 3 is 2.45 bits per heavy atom. The van der Waals surface area contributed by atoms with Gasteiger partial charge in [-0.3, -0.25) is 9.36 Å². The number of hydrogen-bond acceptors (Lipinski definition) is 6. The molecule has 0 spiro atoms. The predicted molar refractivity (Wildman–Crippen MR) is 138 cm³/mol. The first-order valence-electron chi connectivity index (χ1n) is 10.8. The minimum absolute atomic E-state index is 0.0355. The summed E-state index contributed by atoms with van der Waals surface area (Å²) in [6.45, 7) is 9.38. The first-order chi connectivity index (χ1) is 16.1. The number of aromatic nitrogens is 2. The average molecular weight is 479 g/mol. The maximum absolute atomic E-state index is 13.4. The van der Waals surface area contributed by atoms with Gasteiger partial charge in [0, 0.05) is 23.2 Å². The highest BCUT2D eigenvalue weighted by atomic mass is 32.2. The number of hydrogen-bond donors (Lipinski definition) is 0. The fraction of sp³-hybridized carbons (Fsp3) is 0.231. The molecule has 0 aliphatic heterocycles. The molecular weight excluding hydrogens is 452 g/mol. The summed E-state index contributed by atoms with van der Waals surface area (Å²) >= 11 is 3.02. The highest BCUT2D eigenvalue weighted by molar-refractivity contribution is 7.99. The molecular formula is C26H26N2O3S2. The number of thioether (sulfide) groups is 1. The van der Waals surface area contributed by atoms with Crippen molar-refractivity contribution in [2.24, 2.45) is 0 Å². The van der Waals surface area contributed by atoms with Crippen molar-refractivity contribution >= 4 is 33.3 Å². The summed E-state index contributed by atoms with van der Waals surface area (Å²) in [5.74, 6) is 2.27. The van der Waals surface area contributed by atoms with Crippen molar-refractivity contribution < 1.29 is 9.47 Å². The molecule has 0 fully saturated rings. The molecule has 2 aromatic carbocycles. The third-order valence-corrected chi connectivity index (χ3v) is 6.86. The molecule has 33 heavy (non-hydrogen) atoms. The largest absolute Gasteiger partial charge is 0.494 e. The van der Waals surface area contributed by atoms with Crippen LogP contribution >= 0.6 is 23.1 Å². The number of benzene rings is 2. The molecule has 0 radical (unpaired) electrons. The molecule has 0 N–H and O–H groups in total. The summed E-state index contributed by atoms with van der Waals surface area (Å²) in [7, 11) is 0. The van der Waals surface area contributed by atoms with E-state index in [9.17, 15) is 4.79 Å². The Kier molecular flexibility index (Phi) is 7.52. The summed E-state index contributed by atoms with van der Waals surface area (Å²) in [6.07, 6.45) is 1.73. The third-order valence-electron chi connectivity index (χ3n) is 5.05. The zero-order valence-electron chi connectivity index (χ0n) is 18.7. The number of fused-ring (bicyclic) bond motifs is 1. The standard InChI is InChI=1S/C26H26N2O3S2/c1-4-14-28-25(29)23-22(19-8-6-18(3)7-9-19)17-33-24(23)27-26(28)32-16-15-31-21-12-10-20(11-13-21)30-5-2/h4,6-13,17H,1,5,14-16H2,2-3H3. The molecule has 0 saturated heterocycles. The lowest BCUT2D eigenvalue weighted by Crippen LogP contribution is -2.23. The van der Waals surface area contributed by atoms with E-state index in [1.54, 1.807) is 10.6 Å². The van der Waals surface area contributed by atoms with E-state index in [1.807, 2.05) is 36.6 Å². The minimum atomic E-state index is -0.0355. The molecule has 4 rings (SSSR count). The molecule has 0 aliphatic carbocycles. The van der Waals surface area contributed by atoms with Gasteiger partial charge in [0.05, 0.1) is 18.6 Å². The Morgan fingerprint density at radius 2 is 1.79 bits per heavy atom. The number of allylic oxidation sites excluding steroid dienone is 1. The van der Waals surface area contributed by atoms with E-state index in [1.165, 1.54) is 28.7 Å². The van der Waals surface area contributed by atoms with Crippen LogP contribution in [0, 0.1) is 6.92 Å². The van der Waals surface area contributed by atoms with Crippen LogP contribution in [0.25, 0.3) is 21.3 Å². The van der Waals surface area contributed by atoms with Gasteiger partial charge in [-0.05, 0) is 43.7 Å². The van der Waals surface area contributed by atoms with E-state index < -0.39 is 0 Å². The van der Waals surface area contributed by atoms with Crippen LogP contribution in [0.2, 0.25) is 0 Å². The van der Waals surface area contributed by atoms with Crippen LogP contribution < -0.4 is 15.0 Å². The van der Waals surface area contributed by atoms with Gasteiger partial charge >= 0.3 is 0 Å². The van der Waals surface area contributed by atoms with Crippen molar-refractivity contribution in [3.63, 3.8) is 0 Å². The Morgan fingerprint density at radius 1 is 1.09 bits per heavy atom. The Balaban J connectivity index is 1.52. The van der Waals surface area contributed by atoms with Crippen molar-refractivity contribution in [1.82, 2.24) is 9.55 Å². The smallest absolute Gasteiger partial charge is 0.263 e. The van der Waals surface area contributed by atoms with Gasteiger partial charge < -0.3 is 9.47 Å². The van der Waals surface area contributed by atoms with Gasteiger partial charge in [0.15, 0.2) is 5.16 Å². The van der Waals surface area contributed by atoms with Gasteiger partial charge in [-0.2, -0.15) is 0 Å². The summed E-state index contributed by atoms with van der Waals surface area (Å²) in [5.41, 5.74) is 3.11. The summed E-state index contributed by atoms with van der Waals surface area (Å²) in [4.78, 5) is 19.0. The molecule has 0 bridgehead atoms. The third kappa shape index (κ3) is 5.31. The van der Waals surface area contributed by atoms with E-state index >= 15 is 0 Å². The molecule has 5 nitrogen and oxygen atoms in total. The SMILES string of the molecule is C=CCn1c(SCCOc2ccc(OCC)cc2)nc2scc(-c3ccc(C)cc3)c2c1=O. The Bertz CT molecular complexity index is 1290. The van der Waals surface area contributed by atoms with Gasteiger partial charge in [0.1, 0.15) is 16.3 Å². The number of nitrogens with zero attached hydrogens (tertiary/aromatic N) is 2. The zero-order valence-corrected chi connectivity index (χ0v) is 20.4. The Hall–Kier alpha value is -3.03. The number of ether oxygens (including phenoxy) is 2. The van der Waals surface area contributed by atoms with Gasteiger partial charge in [-0.1, -0.05) is 47.7 Å². The van der Waals surface area contributed by atoms with Crippen molar-refractivity contribution in [2.75, 3.05) is 19.0 Å². The number of thiophene rings is 1. The molecule has 2 heterocycles. The van der Waals surface area contributed by atoms with Gasteiger partial charge in [0.25, 0.3) is 5.56 Å². The maximum atomic E-state index is 13.4. The highest BCUT2D eigenvalue weighted by Gasteiger charge is 2.17. The topological polar surface area (TPSA) is 53.4 Å². The van der Waals surface area contributed by atoms with E-state index in [0.717, 1.165) is 27.5 Å². The number of aryl methyl sites for hydroxylation is 1. The van der Waals surface area contributed by atoms with Crippen LogP contribution in [0.4, 0.5) is 0 Å². The van der Waals surface area contributed by atoms with Crippen molar-refractivity contribution in [1.29, 1.82) is 0 Å². The first-order valence-corrected chi connectivity index (χ1v) is 12.7. The van der Waals surface area contributed by atoms with E-state index in [4.69, 9.17) is 14.5 Å². The second-order valence-corrected chi connectivity index (χ2v) is 9.32. The molecule has 0 amide bonds. The second kappa shape index (κ2) is 10.7. The zero-order chi connectivity index (χ0) is 23.2. The molecule has 0 aliphatic rings. The first kappa shape index (κ1) is 23.1. The van der Waals surface area contributed by atoms with E-state index in [2.05, 4.69) is 37.8 Å². The number of rotatable bonds is 10. The molecule has 0 saturated carbocycles. The van der Waals surface area contributed by atoms with Gasteiger partial charge in [-0.25, -0.2) is 4.98 Å². The summed E-state index contributed by atoms with van der Waals surface area (Å²) in [5, 5.41) is 3.37. The minimum Gasteiger partial charge on any atom is -0.494 e. The predicted octanol–water partition coefficient (Wildman–Crippen LogP) is 6.19. The molecule has 0 unspecified atom stereocenters. The Labute approximate surface area is 201 Å². The normalized spacial score (nSPS) is 11.0. The van der Waals surface area contributed by atoms with Crippen LogP contribution in [0.3, 0.4) is 0 Å². The lowest BCUT2D eigenvalue weighted by atomic mass is 10.1. The fourth-order valence-electron chi connectivity index (χ4n) is 3.44. The van der Waals surface area contributed by atoms with Gasteiger partial charge in [0.2, 0.25) is 0 Å². The van der Waals surface area contributed by atoms with Crippen LogP contribution in [-0.4, -0.2) is 28.5 Å². The van der Waals surface area contributed by atoms with Crippen molar-refractivity contribution in [3.05, 3.63) is 82.5 Å². The lowest BCUT2D eigenvalue weighted by molar-refractivity contribution is 0.332. The quantitative estimate of drug-likeness (QED) is 0.118. The van der Waals surface area contributed by atoms with Crippen LogP contribution in [0.5, 0.6) is 11.5 Å².